The zero-order valence-electron chi connectivity index (χ0n) is 19.2. The van der Waals surface area contributed by atoms with Crippen molar-refractivity contribution in [2.75, 3.05) is 39.9 Å². The summed E-state index contributed by atoms with van der Waals surface area (Å²) in [6.07, 6.45) is 2.33. The molecule has 0 unspecified atom stereocenters. The maximum absolute atomic E-state index is 5.87. The second-order valence-corrected chi connectivity index (χ2v) is 8.80. The van der Waals surface area contributed by atoms with Crippen molar-refractivity contribution in [3.8, 4) is 5.75 Å². The van der Waals surface area contributed by atoms with Gasteiger partial charge in [-0.25, -0.2) is 4.68 Å². The highest BCUT2D eigenvalue weighted by Gasteiger charge is 2.33. The summed E-state index contributed by atoms with van der Waals surface area (Å²) in [6.45, 7) is 6.33. The lowest BCUT2D eigenvalue weighted by atomic mass is 10.0. The largest absolute Gasteiger partial charge is 0.496 e. The van der Waals surface area contributed by atoms with Crippen LogP contribution in [0.2, 0.25) is 0 Å². The molecule has 5 rings (SSSR count). The van der Waals surface area contributed by atoms with Crippen molar-refractivity contribution in [3.63, 3.8) is 0 Å². The first-order valence-electron chi connectivity index (χ1n) is 11.8. The predicted molar refractivity (Wildman–Crippen MR) is 125 cm³/mol. The smallest absolute Gasteiger partial charge is 0.173 e. The highest BCUT2D eigenvalue weighted by molar-refractivity contribution is 5.39. The van der Waals surface area contributed by atoms with Crippen molar-refractivity contribution in [3.05, 3.63) is 71.5 Å². The first kappa shape index (κ1) is 22.0. The van der Waals surface area contributed by atoms with E-state index in [9.17, 15) is 0 Å². The first-order valence-corrected chi connectivity index (χ1v) is 11.8. The molecule has 2 aliphatic heterocycles. The van der Waals surface area contributed by atoms with Crippen LogP contribution in [0.15, 0.2) is 54.6 Å². The van der Waals surface area contributed by atoms with Crippen molar-refractivity contribution >= 4 is 0 Å². The molecule has 2 aromatic carbocycles. The Bertz CT molecular complexity index is 1010. The molecule has 1 aromatic heterocycles. The Hall–Kier alpha value is -2.81. The molecule has 0 bridgehead atoms. The number of ether oxygens (including phenoxy) is 2. The van der Waals surface area contributed by atoms with E-state index in [-0.39, 0.29) is 12.1 Å². The van der Waals surface area contributed by atoms with E-state index in [4.69, 9.17) is 9.47 Å². The summed E-state index contributed by atoms with van der Waals surface area (Å²) in [7, 11) is 1.73. The molecule has 2 atom stereocenters. The van der Waals surface area contributed by atoms with E-state index in [1.807, 2.05) is 16.8 Å². The lowest BCUT2D eigenvalue weighted by Crippen LogP contribution is -2.48. The number of para-hydroxylation sites is 1. The third-order valence-corrected chi connectivity index (χ3v) is 6.66. The minimum atomic E-state index is -0.0728. The van der Waals surface area contributed by atoms with Crippen LogP contribution in [-0.4, -0.2) is 76.0 Å². The maximum atomic E-state index is 5.87. The predicted octanol–water partition coefficient (Wildman–Crippen LogP) is 2.77. The van der Waals surface area contributed by atoms with Gasteiger partial charge in [0.15, 0.2) is 5.82 Å². The quantitative estimate of drug-likeness (QED) is 0.525. The van der Waals surface area contributed by atoms with Gasteiger partial charge in [0.05, 0.1) is 19.8 Å². The molecular formula is C25H32N6O2. The summed E-state index contributed by atoms with van der Waals surface area (Å²) in [5, 5.41) is 12.9. The Labute approximate surface area is 195 Å². The van der Waals surface area contributed by atoms with Crippen LogP contribution < -0.4 is 4.74 Å². The fourth-order valence-corrected chi connectivity index (χ4v) is 4.93. The second kappa shape index (κ2) is 10.4. The van der Waals surface area contributed by atoms with Crippen molar-refractivity contribution in [1.29, 1.82) is 0 Å². The molecule has 0 N–H and O–H groups in total. The highest BCUT2D eigenvalue weighted by Crippen LogP contribution is 2.34. The van der Waals surface area contributed by atoms with Crippen LogP contribution >= 0.6 is 0 Å². The summed E-state index contributed by atoms with van der Waals surface area (Å²) in [5.74, 6) is 1.72. The molecule has 2 aliphatic rings. The Kier molecular flexibility index (Phi) is 6.95. The molecule has 0 spiro atoms. The first-order chi connectivity index (χ1) is 16.3. The van der Waals surface area contributed by atoms with Crippen LogP contribution in [-0.2, 0) is 17.8 Å². The van der Waals surface area contributed by atoms with Gasteiger partial charge in [-0.3, -0.25) is 9.80 Å². The van der Waals surface area contributed by atoms with Crippen molar-refractivity contribution in [1.82, 2.24) is 30.0 Å². The SMILES string of the molecule is COc1ccccc1[C@@H](c1nnnn1C[C@H]1CCCO1)N1CCN(Cc2ccccc2)CC1. The zero-order valence-corrected chi connectivity index (χ0v) is 19.2. The van der Waals surface area contributed by atoms with Gasteiger partial charge < -0.3 is 9.47 Å². The molecule has 8 nitrogen and oxygen atoms in total. The lowest BCUT2D eigenvalue weighted by molar-refractivity contribution is 0.0838. The molecule has 174 valence electrons. The number of tetrazole rings is 1. The molecule has 3 heterocycles. The summed E-state index contributed by atoms with van der Waals surface area (Å²) in [6, 6.07) is 18.8. The molecule has 0 saturated carbocycles. The molecule has 2 saturated heterocycles. The van der Waals surface area contributed by atoms with Crippen molar-refractivity contribution < 1.29 is 9.47 Å². The van der Waals surface area contributed by atoms with Gasteiger partial charge in [0, 0.05) is 44.9 Å². The van der Waals surface area contributed by atoms with Gasteiger partial charge in [-0.1, -0.05) is 48.5 Å². The Morgan fingerprint density at radius 2 is 1.82 bits per heavy atom. The van der Waals surface area contributed by atoms with E-state index in [2.05, 4.69) is 67.8 Å². The number of hydrogen-bond acceptors (Lipinski definition) is 7. The van der Waals surface area contributed by atoms with Crippen molar-refractivity contribution in [2.24, 2.45) is 0 Å². The normalized spacial score (nSPS) is 20.7. The van der Waals surface area contributed by atoms with Gasteiger partial charge in [0.25, 0.3) is 0 Å². The van der Waals surface area contributed by atoms with E-state index >= 15 is 0 Å². The van der Waals surface area contributed by atoms with E-state index < -0.39 is 0 Å². The Balaban J connectivity index is 1.38. The average Bonchev–Trinajstić information content (AvgIpc) is 3.54. The molecule has 0 radical (unpaired) electrons. The monoisotopic (exact) mass is 448 g/mol. The number of aromatic nitrogens is 4. The van der Waals surface area contributed by atoms with Crippen LogP contribution in [0.3, 0.4) is 0 Å². The number of piperazine rings is 1. The Morgan fingerprint density at radius 1 is 1.03 bits per heavy atom. The molecule has 33 heavy (non-hydrogen) atoms. The van der Waals surface area contributed by atoms with Gasteiger partial charge in [0.2, 0.25) is 0 Å². The van der Waals surface area contributed by atoms with Gasteiger partial charge >= 0.3 is 0 Å². The number of methoxy groups -OCH3 is 1. The van der Waals surface area contributed by atoms with Gasteiger partial charge in [-0.2, -0.15) is 0 Å². The van der Waals surface area contributed by atoms with E-state index in [1.54, 1.807) is 7.11 Å². The van der Waals surface area contributed by atoms with Crippen LogP contribution in [0.25, 0.3) is 0 Å². The van der Waals surface area contributed by atoms with Crippen LogP contribution in [0.4, 0.5) is 0 Å². The third kappa shape index (κ3) is 5.08. The molecule has 2 fully saturated rings. The minimum Gasteiger partial charge on any atom is -0.496 e. The highest BCUT2D eigenvalue weighted by atomic mass is 16.5. The Morgan fingerprint density at radius 3 is 2.58 bits per heavy atom. The second-order valence-electron chi connectivity index (χ2n) is 8.80. The fourth-order valence-electron chi connectivity index (χ4n) is 4.93. The van der Waals surface area contributed by atoms with Gasteiger partial charge in [-0.15, -0.1) is 5.10 Å². The van der Waals surface area contributed by atoms with E-state index in [1.165, 1.54) is 5.56 Å². The molecule has 0 aliphatic carbocycles. The van der Waals surface area contributed by atoms with Gasteiger partial charge in [0.1, 0.15) is 11.8 Å². The standard InChI is InChI=1S/C25H32N6O2/c1-32-23-12-6-5-11-22(23)24(25-26-27-28-31(25)19-21-10-7-17-33-21)30-15-13-29(14-16-30)18-20-8-3-2-4-9-20/h2-6,8-9,11-12,21,24H,7,10,13-19H2,1H3/t21-,24+/m1/s1. The molecule has 3 aromatic rings. The fraction of sp³-hybridized carbons (Fsp3) is 0.480. The summed E-state index contributed by atoms with van der Waals surface area (Å²) >= 11 is 0. The maximum Gasteiger partial charge on any atom is 0.173 e. The average molecular weight is 449 g/mol. The number of rotatable bonds is 8. The molecular weight excluding hydrogens is 416 g/mol. The topological polar surface area (TPSA) is 68.5 Å². The third-order valence-electron chi connectivity index (χ3n) is 6.66. The summed E-state index contributed by atoms with van der Waals surface area (Å²) in [5.41, 5.74) is 2.45. The van der Waals surface area contributed by atoms with Crippen LogP contribution in [0.5, 0.6) is 5.75 Å². The molecule has 0 amide bonds. The van der Waals surface area contributed by atoms with E-state index in [0.29, 0.717) is 6.54 Å². The van der Waals surface area contributed by atoms with Crippen LogP contribution in [0.1, 0.15) is 35.8 Å². The zero-order chi connectivity index (χ0) is 22.5. The van der Waals surface area contributed by atoms with Crippen molar-refractivity contribution in [2.45, 2.75) is 38.1 Å². The number of hydrogen-bond donors (Lipinski definition) is 0. The number of benzene rings is 2. The van der Waals surface area contributed by atoms with E-state index in [0.717, 1.165) is 69.3 Å². The van der Waals surface area contributed by atoms with Gasteiger partial charge in [-0.05, 0) is 34.9 Å². The van der Waals surface area contributed by atoms with Crippen LogP contribution in [0, 0.1) is 0 Å². The summed E-state index contributed by atoms with van der Waals surface area (Å²) in [4.78, 5) is 5.00. The lowest BCUT2D eigenvalue weighted by Gasteiger charge is -2.39. The minimum absolute atomic E-state index is 0.0728. The number of nitrogens with zero attached hydrogens (tertiary/aromatic N) is 6. The summed E-state index contributed by atoms with van der Waals surface area (Å²) < 4.78 is 13.5. The molecule has 8 heteroatoms.